The smallest absolute Gasteiger partial charge is 0.308 e. The molecule has 0 aromatic carbocycles. The molecule has 0 bridgehead atoms. The van der Waals surface area contributed by atoms with E-state index in [-0.39, 0.29) is 30.0 Å². The van der Waals surface area contributed by atoms with Crippen LogP contribution in [-0.2, 0) is 14.0 Å². The number of nitriles is 1. The Bertz CT molecular complexity index is 315. The summed E-state index contributed by atoms with van der Waals surface area (Å²) in [6.07, 6.45) is 0.0362. The zero-order chi connectivity index (χ0) is 14.4. The van der Waals surface area contributed by atoms with E-state index < -0.39 is 8.32 Å². The number of nitrogens with zero attached hydrogens (tertiary/aromatic N) is 1. The Morgan fingerprint density at radius 2 is 1.94 bits per heavy atom. The highest BCUT2D eigenvalue weighted by Gasteiger charge is 2.39. The minimum Gasteiger partial charge on any atom is -0.466 e. The van der Waals surface area contributed by atoms with Gasteiger partial charge in [0, 0.05) is 0 Å². The first-order chi connectivity index (χ1) is 8.14. The summed E-state index contributed by atoms with van der Waals surface area (Å²) < 4.78 is 11.0. The average Bonchev–Trinajstić information content (AvgIpc) is 2.15. The van der Waals surface area contributed by atoms with Crippen molar-refractivity contribution in [3.63, 3.8) is 0 Å². The number of hydrogen-bond donors (Lipinski definition) is 0. The van der Waals surface area contributed by atoms with Crippen molar-refractivity contribution in [3.05, 3.63) is 0 Å². The topological polar surface area (TPSA) is 59.3 Å². The van der Waals surface area contributed by atoms with Crippen LogP contribution in [0.25, 0.3) is 0 Å². The first kappa shape index (κ1) is 17.1. The van der Waals surface area contributed by atoms with Gasteiger partial charge < -0.3 is 9.16 Å². The number of ether oxygens (including phenoxy) is 1. The van der Waals surface area contributed by atoms with E-state index in [1.165, 1.54) is 0 Å². The number of rotatable bonds is 6. The van der Waals surface area contributed by atoms with Crippen LogP contribution in [-0.4, -0.2) is 27.0 Å². The van der Waals surface area contributed by atoms with Crippen LogP contribution in [0.4, 0.5) is 0 Å². The SMILES string of the molecule is CCOC(=O)CC(CC#N)O[Si](C)(C)C(C)(C)C. The predicted molar refractivity (Wildman–Crippen MR) is 73.6 cm³/mol. The van der Waals surface area contributed by atoms with Gasteiger partial charge >= 0.3 is 5.97 Å². The second-order valence-corrected chi connectivity index (χ2v) is 10.6. The maximum atomic E-state index is 11.5. The van der Waals surface area contributed by atoms with Gasteiger partial charge in [-0.05, 0) is 25.1 Å². The third-order valence-electron chi connectivity index (χ3n) is 3.29. The molecule has 0 aliphatic heterocycles. The van der Waals surface area contributed by atoms with Crippen molar-refractivity contribution in [2.24, 2.45) is 0 Å². The fourth-order valence-electron chi connectivity index (χ4n) is 1.26. The Morgan fingerprint density at radius 1 is 1.39 bits per heavy atom. The number of carbonyl (C=O) groups is 1. The Hall–Kier alpha value is -0.863. The van der Waals surface area contributed by atoms with Crippen molar-refractivity contribution >= 4 is 14.3 Å². The van der Waals surface area contributed by atoms with E-state index in [2.05, 4.69) is 39.9 Å². The quantitative estimate of drug-likeness (QED) is 0.549. The predicted octanol–water partition coefficient (Wildman–Crippen LogP) is 3.24. The lowest BCUT2D eigenvalue weighted by atomic mass is 10.2. The normalized spacial score (nSPS) is 13.8. The molecule has 0 aliphatic rings. The number of hydrogen-bond acceptors (Lipinski definition) is 4. The van der Waals surface area contributed by atoms with Crippen molar-refractivity contribution in [2.75, 3.05) is 6.61 Å². The second-order valence-electron chi connectivity index (χ2n) is 5.87. The van der Waals surface area contributed by atoms with E-state index in [1.54, 1.807) is 6.92 Å². The van der Waals surface area contributed by atoms with Crippen molar-refractivity contribution in [1.82, 2.24) is 0 Å². The van der Waals surface area contributed by atoms with Crippen molar-refractivity contribution in [2.45, 2.75) is 64.8 Å². The number of esters is 1. The Labute approximate surface area is 111 Å². The lowest BCUT2D eigenvalue weighted by Gasteiger charge is -2.38. The molecular weight excluding hydrogens is 246 g/mol. The molecule has 0 aliphatic carbocycles. The highest BCUT2D eigenvalue weighted by molar-refractivity contribution is 6.74. The van der Waals surface area contributed by atoms with Gasteiger partial charge in [0.2, 0.25) is 0 Å². The summed E-state index contributed by atoms with van der Waals surface area (Å²) in [4.78, 5) is 11.5. The van der Waals surface area contributed by atoms with E-state index in [0.29, 0.717) is 6.61 Å². The molecule has 0 saturated carbocycles. The minimum atomic E-state index is -1.95. The van der Waals surface area contributed by atoms with Crippen LogP contribution < -0.4 is 0 Å². The fourth-order valence-corrected chi connectivity index (χ4v) is 2.61. The van der Waals surface area contributed by atoms with E-state index in [9.17, 15) is 4.79 Å². The molecule has 1 unspecified atom stereocenters. The summed E-state index contributed by atoms with van der Waals surface area (Å²) >= 11 is 0. The molecule has 0 radical (unpaired) electrons. The Kier molecular flexibility index (Phi) is 6.58. The maximum Gasteiger partial charge on any atom is 0.308 e. The fraction of sp³-hybridized carbons (Fsp3) is 0.846. The van der Waals surface area contributed by atoms with Gasteiger partial charge in [0.15, 0.2) is 8.32 Å². The highest BCUT2D eigenvalue weighted by atomic mass is 28.4. The van der Waals surface area contributed by atoms with Crippen LogP contribution in [0.2, 0.25) is 18.1 Å². The molecule has 0 spiro atoms. The summed E-state index contributed by atoms with van der Waals surface area (Å²) in [7, 11) is -1.95. The molecule has 0 rings (SSSR count). The standard InChI is InChI=1S/C13H25NO3Si/c1-7-16-12(15)10-11(8-9-14)17-18(5,6)13(2,3)4/h11H,7-8,10H2,1-6H3. The number of carbonyl (C=O) groups excluding carboxylic acids is 1. The van der Waals surface area contributed by atoms with Crippen LogP contribution >= 0.6 is 0 Å². The van der Waals surface area contributed by atoms with E-state index in [4.69, 9.17) is 14.4 Å². The summed E-state index contributed by atoms with van der Waals surface area (Å²) in [6.45, 7) is 12.8. The molecule has 4 nitrogen and oxygen atoms in total. The molecule has 1 atom stereocenters. The van der Waals surface area contributed by atoms with Crippen molar-refractivity contribution < 1.29 is 14.0 Å². The summed E-state index contributed by atoms with van der Waals surface area (Å²) in [5.41, 5.74) is 0. The third-order valence-corrected chi connectivity index (χ3v) is 7.82. The van der Waals surface area contributed by atoms with Gasteiger partial charge in [-0.3, -0.25) is 4.79 Å². The van der Waals surface area contributed by atoms with Crippen LogP contribution in [0.1, 0.15) is 40.5 Å². The molecular formula is C13H25NO3Si. The van der Waals surface area contributed by atoms with E-state index in [1.807, 2.05) is 0 Å². The molecule has 18 heavy (non-hydrogen) atoms. The molecule has 0 saturated heterocycles. The van der Waals surface area contributed by atoms with Gasteiger partial charge in [-0.15, -0.1) is 0 Å². The van der Waals surface area contributed by atoms with Crippen LogP contribution in [0.15, 0.2) is 0 Å². The highest BCUT2D eigenvalue weighted by Crippen LogP contribution is 2.37. The molecule has 5 heteroatoms. The first-order valence-corrected chi connectivity index (χ1v) is 9.25. The molecule has 0 fully saturated rings. The Morgan fingerprint density at radius 3 is 2.33 bits per heavy atom. The largest absolute Gasteiger partial charge is 0.466 e. The summed E-state index contributed by atoms with van der Waals surface area (Å²) in [5.74, 6) is -0.295. The van der Waals surface area contributed by atoms with Gasteiger partial charge in [0.25, 0.3) is 0 Å². The average molecular weight is 271 g/mol. The van der Waals surface area contributed by atoms with Gasteiger partial charge in [0.05, 0.1) is 31.6 Å². The second kappa shape index (κ2) is 6.91. The van der Waals surface area contributed by atoms with Crippen LogP contribution in [0.3, 0.4) is 0 Å². The van der Waals surface area contributed by atoms with Crippen molar-refractivity contribution in [1.29, 1.82) is 5.26 Å². The minimum absolute atomic E-state index is 0.0648. The van der Waals surface area contributed by atoms with Crippen LogP contribution in [0, 0.1) is 11.3 Å². The Balaban J connectivity index is 4.64. The van der Waals surface area contributed by atoms with Crippen molar-refractivity contribution in [3.8, 4) is 6.07 Å². The van der Waals surface area contributed by atoms with Gasteiger partial charge in [-0.1, -0.05) is 20.8 Å². The lowest BCUT2D eigenvalue weighted by molar-refractivity contribution is -0.145. The molecule has 104 valence electrons. The zero-order valence-corrected chi connectivity index (χ0v) is 13.4. The zero-order valence-electron chi connectivity index (χ0n) is 12.4. The molecule has 0 amide bonds. The molecule has 0 heterocycles. The van der Waals surface area contributed by atoms with Gasteiger partial charge in [0.1, 0.15) is 0 Å². The monoisotopic (exact) mass is 271 g/mol. The van der Waals surface area contributed by atoms with E-state index in [0.717, 1.165) is 0 Å². The molecule has 0 N–H and O–H groups in total. The lowest BCUT2D eigenvalue weighted by Crippen LogP contribution is -2.44. The third kappa shape index (κ3) is 5.65. The van der Waals surface area contributed by atoms with Gasteiger partial charge in [-0.2, -0.15) is 5.26 Å². The molecule has 0 aromatic rings. The van der Waals surface area contributed by atoms with E-state index >= 15 is 0 Å². The molecule has 0 aromatic heterocycles. The summed E-state index contributed by atoms with van der Waals surface area (Å²) in [6, 6.07) is 2.08. The first-order valence-electron chi connectivity index (χ1n) is 6.34. The maximum absolute atomic E-state index is 11.5. The van der Waals surface area contributed by atoms with Crippen LogP contribution in [0.5, 0.6) is 0 Å². The summed E-state index contributed by atoms with van der Waals surface area (Å²) in [5, 5.41) is 8.88. The van der Waals surface area contributed by atoms with Gasteiger partial charge in [-0.25, -0.2) is 0 Å².